The zero-order valence-corrected chi connectivity index (χ0v) is 14.9. The lowest BCUT2D eigenvalue weighted by Gasteiger charge is -2.19. The van der Waals surface area contributed by atoms with Gasteiger partial charge in [-0.05, 0) is 31.7 Å². The van der Waals surface area contributed by atoms with Crippen LogP contribution in [0.5, 0.6) is 5.88 Å². The summed E-state index contributed by atoms with van der Waals surface area (Å²) in [7, 11) is 0. The third-order valence-corrected chi connectivity index (χ3v) is 4.11. The number of alkyl halides is 3. The molecule has 1 rings (SSSR count). The average molecular weight is 345 g/mol. The SMILES string of the molecule is CCCCCCCC(CCCCC)Oc1ccc(C(F)(F)F)cn1. The van der Waals surface area contributed by atoms with Gasteiger partial charge in [-0.1, -0.05) is 52.4 Å². The quantitative estimate of drug-likeness (QED) is 0.389. The molecule has 1 heterocycles. The average Bonchev–Trinajstić information content (AvgIpc) is 2.54. The molecule has 138 valence electrons. The summed E-state index contributed by atoms with van der Waals surface area (Å²) in [6.07, 6.45) is 7.76. The number of hydrogen-bond donors (Lipinski definition) is 0. The third-order valence-electron chi connectivity index (χ3n) is 4.11. The van der Waals surface area contributed by atoms with E-state index in [4.69, 9.17) is 4.74 Å². The summed E-state index contributed by atoms with van der Waals surface area (Å²) in [5.41, 5.74) is -0.739. The van der Waals surface area contributed by atoms with Crippen LogP contribution in [0.3, 0.4) is 0 Å². The van der Waals surface area contributed by atoms with Crippen molar-refractivity contribution in [2.24, 2.45) is 0 Å². The highest BCUT2D eigenvalue weighted by Gasteiger charge is 2.30. The van der Waals surface area contributed by atoms with Crippen LogP contribution in [0.1, 0.15) is 83.6 Å². The zero-order valence-electron chi connectivity index (χ0n) is 14.9. The first kappa shape index (κ1) is 20.8. The van der Waals surface area contributed by atoms with Gasteiger partial charge in [0.2, 0.25) is 5.88 Å². The molecule has 0 aromatic carbocycles. The Labute approximate surface area is 143 Å². The fourth-order valence-corrected chi connectivity index (χ4v) is 2.65. The van der Waals surface area contributed by atoms with Crippen molar-refractivity contribution in [1.29, 1.82) is 0 Å². The minimum Gasteiger partial charge on any atom is -0.474 e. The van der Waals surface area contributed by atoms with Crippen LogP contribution in [0, 0.1) is 0 Å². The van der Waals surface area contributed by atoms with E-state index in [1.165, 1.54) is 31.7 Å². The van der Waals surface area contributed by atoms with Crippen LogP contribution in [0.2, 0.25) is 0 Å². The summed E-state index contributed by atoms with van der Waals surface area (Å²) < 4.78 is 43.6. The second-order valence-corrected chi connectivity index (χ2v) is 6.32. The van der Waals surface area contributed by atoms with Crippen molar-refractivity contribution in [1.82, 2.24) is 4.98 Å². The molecule has 0 aliphatic rings. The third kappa shape index (κ3) is 8.55. The van der Waals surface area contributed by atoms with Crippen LogP contribution >= 0.6 is 0 Å². The van der Waals surface area contributed by atoms with Crippen LogP contribution < -0.4 is 4.74 Å². The molecule has 0 aliphatic carbocycles. The summed E-state index contributed by atoms with van der Waals surface area (Å²) >= 11 is 0. The van der Waals surface area contributed by atoms with E-state index in [1.54, 1.807) is 0 Å². The highest BCUT2D eigenvalue weighted by atomic mass is 19.4. The Hall–Kier alpha value is -1.26. The van der Waals surface area contributed by atoms with E-state index in [-0.39, 0.29) is 12.0 Å². The molecule has 0 spiro atoms. The maximum atomic E-state index is 12.6. The molecule has 0 saturated heterocycles. The Bertz CT molecular complexity index is 431. The van der Waals surface area contributed by atoms with E-state index in [0.717, 1.165) is 50.8 Å². The van der Waals surface area contributed by atoms with Crippen molar-refractivity contribution < 1.29 is 17.9 Å². The Morgan fingerprint density at radius 3 is 2.04 bits per heavy atom. The van der Waals surface area contributed by atoms with E-state index in [2.05, 4.69) is 18.8 Å². The summed E-state index contributed by atoms with van der Waals surface area (Å²) in [5, 5.41) is 0. The van der Waals surface area contributed by atoms with Gasteiger partial charge >= 0.3 is 6.18 Å². The van der Waals surface area contributed by atoms with Crippen LogP contribution in [0.15, 0.2) is 18.3 Å². The topological polar surface area (TPSA) is 22.1 Å². The van der Waals surface area contributed by atoms with Crippen LogP contribution in [-0.2, 0) is 6.18 Å². The highest BCUT2D eigenvalue weighted by molar-refractivity contribution is 5.20. The fourth-order valence-electron chi connectivity index (χ4n) is 2.65. The first-order valence-corrected chi connectivity index (χ1v) is 9.17. The van der Waals surface area contributed by atoms with Crippen molar-refractivity contribution in [2.75, 3.05) is 0 Å². The summed E-state index contributed by atoms with van der Waals surface area (Å²) in [5.74, 6) is 0.290. The van der Waals surface area contributed by atoms with Gasteiger partial charge in [-0.25, -0.2) is 4.98 Å². The second kappa shape index (κ2) is 11.3. The molecular formula is C19H30F3NO. The van der Waals surface area contributed by atoms with Crippen molar-refractivity contribution >= 4 is 0 Å². The summed E-state index contributed by atoms with van der Waals surface area (Å²) in [6.45, 7) is 4.34. The monoisotopic (exact) mass is 345 g/mol. The first-order valence-electron chi connectivity index (χ1n) is 9.17. The molecule has 0 aliphatic heterocycles. The number of halogens is 3. The number of aromatic nitrogens is 1. The molecule has 0 radical (unpaired) electrons. The molecule has 1 aromatic rings. The van der Waals surface area contributed by atoms with E-state index in [0.29, 0.717) is 0 Å². The maximum absolute atomic E-state index is 12.6. The molecule has 0 fully saturated rings. The summed E-state index contributed by atoms with van der Waals surface area (Å²) in [4.78, 5) is 3.83. The van der Waals surface area contributed by atoms with Gasteiger partial charge in [0, 0.05) is 12.3 Å². The van der Waals surface area contributed by atoms with E-state index in [1.807, 2.05) is 0 Å². The lowest BCUT2D eigenvalue weighted by molar-refractivity contribution is -0.137. The van der Waals surface area contributed by atoms with Gasteiger partial charge in [0.15, 0.2) is 0 Å². The minimum absolute atomic E-state index is 0.0439. The Balaban J connectivity index is 2.52. The van der Waals surface area contributed by atoms with Crippen molar-refractivity contribution in [3.05, 3.63) is 23.9 Å². The molecule has 2 nitrogen and oxygen atoms in total. The smallest absolute Gasteiger partial charge is 0.417 e. The minimum atomic E-state index is -4.36. The lowest BCUT2D eigenvalue weighted by atomic mass is 10.0. The molecule has 1 aromatic heterocycles. The van der Waals surface area contributed by atoms with Gasteiger partial charge in [0.05, 0.1) is 5.56 Å². The number of ether oxygens (including phenoxy) is 1. The number of nitrogens with zero attached hydrogens (tertiary/aromatic N) is 1. The normalized spacial score (nSPS) is 13.0. The standard InChI is InChI=1S/C19H30F3NO/c1-3-5-7-8-10-12-17(11-9-6-4-2)24-18-14-13-16(15-23-18)19(20,21)22/h13-15,17H,3-12H2,1-2H3. The van der Waals surface area contributed by atoms with E-state index < -0.39 is 11.7 Å². The van der Waals surface area contributed by atoms with Gasteiger partial charge in [-0.3, -0.25) is 0 Å². The number of pyridine rings is 1. The van der Waals surface area contributed by atoms with Crippen molar-refractivity contribution in [2.45, 2.75) is 90.3 Å². The van der Waals surface area contributed by atoms with Crippen LogP contribution in [-0.4, -0.2) is 11.1 Å². The molecule has 0 saturated carbocycles. The van der Waals surface area contributed by atoms with E-state index >= 15 is 0 Å². The van der Waals surface area contributed by atoms with Crippen molar-refractivity contribution in [3.63, 3.8) is 0 Å². The molecule has 24 heavy (non-hydrogen) atoms. The number of unbranched alkanes of at least 4 members (excludes halogenated alkanes) is 6. The molecule has 1 atom stereocenters. The Kier molecular flexibility index (Phi) is 9.80. The van der Waals surface area contributed by atoms with Gasteiger partial charge < -0.3 is 4.74 Å². The van der Waals surface area contributed by atoms with Crippen molar-refractivity contribution in [3.8, 4) is 5.88 Å². The Morgan fingerprint density at radius 2 is 1.50 bits per heavy atom. The van der Waals surface area contributed by atoms with Gasteiger partial charge in [-0.2, -0.15) is 13.2 Å². The molecular weight excluding hydrogens is 315 g/mol. The van der Waals surface area contributed by atoms with E-state index in [9.17, 15) is 13.2 Å². The lowest BCUT2D eigenvalue weighted by Crippen LogP contribution is -2.17. The van der Waals surface area contributed by atoms with Crippen LogP contribution in [0.25, 0.3) is 0 Å². The molecule has 1 unspecified atom stereocenters. The Morgan fingerprint density at radius 1 is 0.917 bits per heavy atom. The predicted molar refractivity (Wildman–Crippen MR) is 91.2 cm³/mol. The number of rotatable bonds is 12. The van der Waals surface area contributed by atoms with Crippen LogP contribution in [0.4, 0.5) is 13.2 Å². The largest absolute Gasteiger partial charge is 0.474 e. The molecule has 0 amide bonds. The molecule has 0 bridgehead atoms. The number of hydrogen-bond acceptors (Lipinski definition) is 2. The molecule has 0 N–H and O–H groups in total. The predicted octanol–water partition coefficient (Wildman–Crippen LogP) is 6.79. The first-order chi connectivity index (χ1) is 11.5. The second-order valence-electron chi connectivity index (χ2n) is 6.32. The molecule has 5 heteroatoms. The summed E-state index contributed by atoms with van der Waals surface area (Å²) in [6, 6.07) is 2.36. The maximum Gasteiger partial charge on any atom is 0.417 e. The van der Waals surface area contributed by atoms with Gasteiger partial charge in [0.25, 0.3) is 0 Å². The van der Waals surface area contributed by atoms with Gasteiger partial charge in [-0.15, -0.1) is 0 Å². The fraction of sp³-hybridized carbons (Fsp3) is 0.737. The van der Waals surface area contributed by atoms with Gasteiger partial charge in [0.1, 0.15) is 6.10 Å². The highest BCUT2D eigenvalue weighted by Crippen LogP contribution is 2.29. The zero-order chi connectivity index (χ0) is 17.8.